The van der Waals surface area contributed by atoms with E-state index < -0.39 is 29.1 Å². The van der Waals surface area contributed by atoms with Crippen molar-refractivity contribution in [3.05, 3.63) is 34.9 Å². The highest BCUT2D eigenvalue weighted by Gasteiger charge is 2.54. The van der Waals surface area contributed by atoms with Crippen molar-refractivity contribution in [2.45, 2.75) is 58.1 Å². The number of hydrogen-bond acceptors (Lipinski definition) is 5. The van der Waals surface area contributed by atoms with Gasteiger partial charge in [-0.1, -0.05) is 23.7 Å². The minimum absolute atomic E-state index is 0.0440. The molecule has 7 heteroatoms. The summed E-state index contributed by atoms with van der Waals surface area (Å²) in [5.41, 5.74) is -1.03. The average Bonchev–Trinajstić information content (AvgIpc) is 2.96. The lowest BCUT2D eigenvalue weighted by molar-refractivity contribution is -0.148. The zero-order valence-electron chi connectivity index (χ0n) is 16.4. The predicted octanol–water partition coefficient (Wildman–Crippen LogP) is 3.74. The van der Waals surface area contributed by atoms with Crippen LogP contribution in [0.5, 0.6) is 0 Å². The lowest BCUT2D eigenvalue weighted by atomic mass is 9.75. The molecule has 1 aliphatic rings. The zero-order valence-corrected chi connectivity index (χ0v) is 17.1. The smallest absolute Gasteiger partial charge is 0.411 e. The van der Waals surface area contributed by atoms with Crippen LogP contribution in [-0.4, -0.2) is 47.5 Å². The van der Waals surface area contributed by atoms with E-state index in [0.29, 0.717) is 10.6 Å². The van der Waals surface area contributed by atoms with Gasteiger partial charge in [0.05, 0.1) is 12.0 Å². The Kier molecular flexibility index (Phi) is 6.20. The van der Waals surface area contributed by atoms with Gasteiger partial charge < -0.3 is 9.47 Å². The third kappa shape index (κ3) is 4.61. The van der Waals surface area contributed by atoms with Gasteiger partial charge in [-0.2, -0.15) is 0 Å². The molecule has 1 aromatic carbocycles. The van der Waals surface area contributed by atoms with E-state index >= 15 is 0 Å². The summed E-state index contributed by atoms with van der Waals surface area (Å²) in [5.74, 6) is -0.675. The number of amides is 1. The molecule has 0 radical (unpaired) electrons. The zero-order chi connectivity index (χ0) is 20.4. The van der Waals surface area contributed by atoms with Gasteiger partial charge in [-0.05, 0) is 58.7 Å². The van der Waals surface area contributed by atoms with Crippen LogP contribution in [0.15, 0.2) is 24.3 Å². The van der Waals surface area contributed by atoms with Crippen molar-refractivity contribution in [3.8, 4) is 0 Å². The first-order valence-electron chi connectivity index (χ1n) is 8.93. The second-order valence-corrected chi connectivity index (χ2v) is 8.16. The standard InChI is InChI=1S/C20H26ClNO5/c1-6-26-17(24)16-11-20(13(2)23,14-7-9-15(21)10-8-14)12-22(16)18(25)27-19(3,4)5/h7-10,16H,6,11-12H2,1-5H3/t16-,20+/m0/s1. The van der Waals surface area contributed by atoms with Crippen molar-refractivity contribution in [2.75, 3.05) is 13.2 Å². The van der Waals surface area contributed by atoms with E-state index in [-0.39, 0.29) is 25.4 Å². The molecule has 2 atom stereocenters. The molecule has 0 aliphatic carbocycles. The fraction of sp³-hybridized carbons (Fsp3) is 0.550. The van der Waals surface area contributed by atoms with Gasteiger partial charge in [-0.15, -0.1) is 0 Å². The third-order valence-corrected chi connectivity index (χ3v) is 4.87. The largest absolute Gasteiger partial charge is 0.464 e. The first-order valence-corrected chi connectivity index (χ1v) is 9.31. The maximum atomic E-state index is 12.7. The van der Waals surface area contributed by atoms with Crippen LogP contribution in [0.4, 0.5) is 4.79 Å². The Bertz CT molecular complexity index is 725. The SMILES string of the molecule is CCOC(=O)[C@@H]1C[C@@](C(C)=O)(c2ccc(Cl)cc2)CN1C(=O)OC(C)(C)C. The van der Waals surface area contributed by atoms with Crippen LogP contribution < -0.4 is 0 Å². The van der Waals surface area contributed by atoms with Gasteiger partial charge in [-0.3, -0.25) is 9.69 Å². The van der Waals surface area contributed by atoms with E-state index in [1.807, 2.05) is 0 Å². The first kappa shape index (κ1) is 21.2. The van der Waals surface area contributed by atoms with Crippen LogP contribution in [0.1, 0.15) is 46.6 Å². The number of esters is 1. The summed E-state index contributed by atoms with van der Waals surface area (Å²) in [6.07, 6.45) is -0.500. The molecule has 0 aromatic heterocycles. The second-order valence-electron chi connectivity index (χ2n) is 7.73. The number of hydrogen-bond donors (Lipinski definition) is 0. The summed E-state index contributed by atoms with van der Waals surface area (Å²) in [6.45, 7) is 8.64. The number of ether oxygens (including phenoxy) is 2. The van der Waals surface area contributed by atoms with Crippen molar-refractivity contribution >= 4 is 29.4 Å². The average molecular weight is 396 g/mol. The monoisotopic (exact) mass is 395 g/mol. The quantitative estimate of drug-likeness (QED) is 0.726. The molecular weight excluding hydrogens is 370 g/mol. The summed E-state index contributed by atoms with van der Waals surface area (Å²) in [4.78, 5) is 39.2. The molecule has 148 valence electrons. The number of rotatable bonds is 4. The Morgan fingerprint density at radius 2 is 1.81 bits per heavy atom. The molecule has 1 heterocycles. The normalized spacial score (nSPS) is 22.4. The molecule has 0 N–H and O–H groups in total. The van der Waals surface area contributed by atoms with E-state index in [1.54, 1.807) is 52.0 Å². The molecule has 1 amide bonds. The maximum Gasteiger partial charge on any atom is 0.411 e. The fourth-order valence-corrected chi connectivity index (χ4v) is 3.43. The van der Waals surface area contributed by atoms with Crippen LogP contribution in [0.2, 0.25) is 5.02 Å². The second kappa shape index (κ2) is 7.89. The predicted molar refractivity (Wildman–Crippen MR) is 102 cm³/mol. The number of nitrogens with zero attached hydrogens (tertiary/aromatic N) is 1. The van der Waals surface area contributed by atoms with Crippen LogP contribution in [0.25, 0.3) is 0 Å². The van der Waals surface area contributed by atoms with Crippen LogP contribution in [-0.2, 0) is 24.5 Å². The summed E-state index contributed by atoms with van der Waals surface area (Å²) in [6, 6.07) is 6.00. The Morgan fingerprint density at radius 1 is 1.22 bits per heavy atom. The summed E-state index contributed by atoms with van der Waals surface area (Å²) in [5, 5.41) is 0.543. The van der Waals surface area contributed by atoms with E-state index in [2.05, 4.69) is 0 Å². The van der Waals surface area contributed by atoms with E-state index in [9.17, 15) is 14.4 Å². The van der Waals surface area contributed by atoms with Crippen LogP contribution in [0, 0.1) is 0 Å². The van der Waals surface area contributed by atoms with Gasteiger partial charge >= 0.3 is 12.1 Å². The van der Waals surface area contributed by atoms with Crippen molar-refractivity contribution in [1.82, 2.24) is 4.90 Å². The molecule has 1 fully saturated rings. The van der Waals surface area contributed by atoms with Gasteiger partial charge in [-0.25, -0.2) is 9.59 Å². The minimum atomic E-state index is -1.01. The van der Waals surface area contributed by atoms with E-state index in [1.165, 1.54) is 11.8 Å². The molecule has 6 nitrogen and oxygen atoms in total. The van der Waals surface area contributed by atoms with Gasteiger partial charge in [0, 0.05) is 11.6 Å². The van der Waals surface area contributed by atoms with Crippen molar-refractivity contribution in [1.29, 1.82) is 0 Å². The van der Waals surface area contributed by atoms with Gasteiger partial charge in [0.25, 0.3) is 0 Å². The molecule has 0 spiro atoms. The number of carbonyl (C=O) groups is 3. The number of carbonyl (C=O) groups excluding carboxylic acids is 3. The maximum absolute atomic E-state index is 12.7. The van der Waals surface area contributed by atoms with Crippen molar-refractivity contribution in [2.24, 2.45) is 0 Å². The topological polar surface area (TPSA) is 72.9 Å². The lowest BCUT2D eigenvalue weighted by Gasteiger charge is -2.29. The Hall–Kier alpha value is -2.08. The Morgan fingerprint density at radius 3 is 2.30 bits per heavy atom. The highest BCUT2D eigenvalue weighted by molar-refractivity contribution is 6.30. The summed E-state index contributed by atoms with van der Waals surface area (Å²) < 4.78 is 10.6. The van der Waals surface area contributed by atoms with Crippen molar-refractivity contribution < 1.29 is 23.9 Å². The molecule has 0 bridgehead atoms. The molecular formula is C20H26ClNO5. The lowest BCUT2D eigenvalue weighted by Crippen LogP contribution is -2.45. The summed E-state index contributed by atoms with van der Waals surface area (Å²) in [7, 11) is 0. The fourth-order valence-electron chi connectivity index (χ4n) is 3.30. The highest BCUT2D eigenvalue weighted by Crippen LogP contribution is 2.40. The van der Waals surface area contributed by atoms with Crippen molar-refractivity contribution in [3.63, 3.8) is 0 Å². The molecule has 0 unspecified atom stereocenters. The third-order valence-electron chi connectivity index (χ3n) is 4.62. The number of likely N-dealkylation sites (tertiary alicyclic amines) is 1. The van der Waals surface area contributed by atoms with E-state index in [4.69, 9.17) is 21.1 Å². The number of benzene rings is 1. The number of Topliss-reactive ketones (excluding diaryl/α,β-unsaturated/α-hetero) is 1. The molecule has 2 rings (SSSR count). The number of ketones is 1. The molecule has 0 saturated carbocycles. The first-order chi connectivity index (χ1) is 12.5. The molecule has 1 aromatic rings. The van der Waals surface area contributed by atoms with E-state index in [0.717, 1.165) is 0 Å². The molecule has 1 aliphatic heterocycles. The highest BCUT2D eigenvalue weighted by atomic mass is 35.5. The summed E-state index contributed by atoms with van der Waals surface area (Å²) >= 11 is 5.97. The van der Waals surface area contributed by atoms with Gasteiger partial charge in [0.15, 0.2) is 0 Å². The molecule has 27 heavy (non-hydrogen) atoms. The molecule has 1 saturated heterocycles. The van der Waals surface area contributed by atoms with Crippen LogP contribution >= 0.6 is 11.6 Å². The Labute approximate surface area is 164 Å². The Balaban J connectivity index is 2.45. The van der Waals surface area contributed by atoms with Crippen LogP contribution in [0.3, 0.4) is 0 Å². The van der Waals surface area contributed by atoms with Gasteiger partial charge in [0.1, 0.15) is 17.4 Å². The van der Waals surface area contributed by atoms with Gasteiger partial charge in [0.2, 0.25) is 0 Å². The minimum Gasteiger partial charge on any atom is -0.464 e. The number of halogens is 1.